The van der Waals surface area contributed by atoms with E-state index in [1.54, 1.807) is 0 Å². The largest absolute Gasteiger partial charge is 0.495 e. The van der Waals surface area contributed by atoms with E-state index < -0.39 is 8.32 Å². The van der Waals surface area contributed by atoms with Crippen LogP contribution in [0.15, 0.2) is 11.8 Å². The maximum atomic E-state index is 11.6. The van der Waals surface area contributed by atoms with Gasteiger partial charge in [-0.05, 0) is 37.0 Å². The van der Waals surface area contributed by atoms with Crippen LogP contribution in [0, 0.1) is 11.8 Å². The van der Waals surface area contributed by atoms with Gasteiger partial charge in [0.05, 0.1) is 12.9 Å². The molecule has 166 valence electrons. The molecule has 2 fully saturated rings. The Balaban J connectivity index is 1.99. The molecule has 2 rings (SSSR count). The fourth-order valence-electron chi connectivity index (χ4n) is 3.87. The fraction of sp³-hybridized carbons (Fsp3) is 0.818. The van der Waals surface area contributed by atoms with Gasteiger partial charge in [0, 0.05) is 44.6 Å². The molecule has 1 saturated heterocycles. The van der Waals surface area contributed by atoms with Gasteiger partial charge in [-0.15, -0.1) is 0 Å². The number of hydrogen-bond donors (Lipinski definition) is 0. The molecule has 2 aliphatic rings. The average molecular weight is 427 g/mol. The van der Waals surface area contributed by atoms with E-state index in [1.165, 1.54) is 14.0 Å². The number of esters is 2. The standard InChI is InChI=1S/C22H38O6Si/c1-15(23)27-20-13-19-17(18(20)14-26-29(6,7)22(2,3)4)12-16(28-19)10-8-9-11-21(24)25-5/h10,17-20H,8-9,11-14H2,1-7H3/t17-,18-,19+,20-/m1/s1. The topological polar surface area (TPSA) is 71.1 Å². The summed E-state index contributed by atoms with van der Waals surface area (Å²) in [5, 5.41) is 0.138. The fourth-order valence-corrected chi connectivity index (χ4v) is 4.91. The molecule has 1 heterocycles. The van der Waals surface area contributed by atoms with Crippen molar-refractivity contribution in [2.75, 3.05) is 13.7 Å². The summed E-state index contributed by atoms with van der Waals surface area (Å²) in [7, 11) is -0.473. The summed E-state index contributed by atoms with van der Waals surface area (Å²) >= 11 is 0. The van der Waals surface area contributed by atoms with E-state index in [2.05, 4.69) is 44.7 Å². The molecule has 7 heteroatoms. The first-order chi connectivity index (χ1) is 13.4. The Hall–Kier alpha value is -1.34. The summed E-state index contributed by atoms with van der Waals surface area (Å²) in [4.78, 5) is 22.8. The van der Waals surface area contributed by atoms with Gasteiger partial charge < -0.3 is 18.6 Å². The zero-order valence-electron chi connectivity index (χ0n) is 19.1. The van der Waals surface area contributed by atoms with E-state index >= 15 is 0 Å². The lowest BCUT2D eigenvalue weighted by atomic mass is 9.92. The van der Waals surface area contributed by atoms with Gasteiger partial charge in [0.15, 0.2) is 8.32 Å². The van der Waals surface area contributed by atoms with E-state index in [1.807, 2.05) is 0 Å². The first-order valence-electron chi connectivity index (χ1n) is 10.7. The highest BCUT2D eigenvalue weighted by molar-refractivity contribution is 6.74. The Bertz CT molecular complexity index is 621. The number of unbranched alkanes of at least 4 members (excludes halogenated alkanes) is 1. The van der Waals surface area contributed by atoms with E-state index in [0.717, 1.165) is 31.4 Å². The summed E-state index contributed by atoms with van der Waals surface area (Å²) in [6.45, 7) is 13.3. The van der Waals surface area contributed by atoms with Crippen LogP contribution in [0.3, 0.4) is 0 Å². The first kappa shape index (κ1) is 23.9. The van der Waals surface area contributed by atoms with E-state index in [4.69, 9.17) is 13.9 Å². The number of ether oxygens (including phenoxy) is 3. The molecule has 0 N–H and O–H groups in total. The van der Waals surface area contributed by atoms with Crippen LogP contribution in [-0.4, -0.2) is 46.2 Å². The summed E-state index contributed by atoms with van der Waals surface area (Å²) < 4.78 is 23.0. The van der Waals surface area contributed by atoms with Gasteiger partial charge >= 0.3 is 11.9 Å². The number of rotatable bonds is 8. The van der Waals surface area contributed by atoms with Crippen LogP contribution in [0.4, 0.5) is 0 Å². The molecule has 0 aromatic rings. The molecule has 0 spiro atoms. The minimum absolute atomic E-state index is 0.0687. The van der Waals surface area contributed by atoms with Crippen molar-refractivity contribution in [3.8, 4) is 0 Å². The maximum Gasteiger partial charge on any atom is 0.305 e. The number of methoxy groups -OCH3 is 1. The molecule has 4 atom stereocenters. The van der Waals surface area contributed by atoms with Crippen molar-refractivity contribution in [3.63, 3.8) is 0 Å². The number of allylic oxidation sites excluding steroid dienone is 2. The Morgan fingerprint density at radius 2 is 1.97 bits per heavy atom. The van der Waals surface area contributed by atoms with Crippen molar-refractivity contribution in [2.45, 2.75) is 90.1 Å². The molecule has 6 nitrogen and oxygen atoms in total. The first-order valence-corrected chi connectivity index (χ1v) is 13.6. The van der Waals surface area contributed by atoms with Gasteiger partial charge in [-0.3, -0.25) is 9.59 Å². The normalized spacial score (nSPS) is 28.2. The predicted octanol–water partition coefficient (Wildman–Crippen LogP) is 4.59. The zero-order valence-corrected chi connectivity index (χ0v) is 20.1. The second kappa shape index (κ2) is 9.64. The molecule has 1 saturated carbocycles. The van der Waals surface area contributed by atoms with Crippen molar-refractivity contribution in [1.82, 2.24) is 0 Å². The van der Waals surface area contributed by atoms with Crippen molar-refractivity contribution in [3.05, 3.63) is 11.8 Å². The van der Waals surface area contributed by atoms with E-state index in [0.29, 0.717) is 18.9 Å². The van der Waals surface area contributed by atoms with E-state index in [9.17, 15) is 9.59 Å². The van der Waals surface area contributed by atoms with Gasteiger partial charge in [0.1, 0.15) is 12.2 Å². The Morgan fingerprint density at radius 1 is 1.28 bits per heavy atom. The zero-order chi connectivity index (χ0) is 21.8. The highest BCUT2D eigenvalue weighted by Gasteiger charge is 2.51. The summed E-state index contributed by atoms with van der Waals surface area (Å²) in [6.07, 6.45) is 5.54. The Kier molecular flexibility index (Phi) is 7.96. The molecule has 0 bridgehead atoms. The highest BCUT2D eigenvalue weighted by Crippen LogP contribution is 2.47. The number of carbonyl (C=O) groups is 2. The predicted molar refractivity (Wildman–Crippen MR) is 114 cm³/mol. The second-order valence-corrected chi connectivity index (χ2v) is 14.6. The molecule has 1 aliphatic carbocycles. The summed E-state index contributed by atoms with van der Waals surface area (Å²) in [5.41, 5.74) is 0. The van der Waals surface area contributed by atoms with Crippen LogP contribution in [-0.2, 0) is 28.2 Å². The highest BCUT2D eigenvalue weighted by atomic mass is 28.4. The molecule has 0 aromatic carbocycles. The number of carbonyl (C=O) groups excluding carboxylic acids is 2. The summed E-state index contributed by atoms with van der Waals surface area (Å²) in [6, 6.07) is 0. The van der Waals surface area contributed by atoms with Crippen molar-refractivity contribution in [1.29, 1.82) is 0 Å². The van der Waals surface area contributed by atoms with Crippen LogP contribution in [0.1, 0.15) is 59.8 Å². The lowest BCUT2D eigenvalue weighted by molar-refractivity contribution is -0.149. The quantitative estimate of drug-likeness (QED) is 0.321. The average Bonchev–Trinajstić information content (AvgIpc) is 3.12. The van der Waals surface area contributed by atoms with Crippen LogP contribution < -0.4 is 0 Å². The third-order valence-corrected chi connectivity index (χ3v) is 11.2. The minimum Gasteiger partial charge on any atom is -0.495 e. The van der Waals surface area contributed by atoms with Gasteiger partial charge in [-0.1, -0.05) is 20.8 Å². The minimum atomic E-state index is -1.88. The van der Waals surface area contributed by atoms with Crippen LogP contribution in [0.25, 0.3) is 0 Å². The van der Waals surface area contributed by atoms with Gasteiger partial charge in [-0.2, -0.15) is 0 Å². The van der Waals surface area contributed by atoms with Crippen LogP contribution in [0.5, 0.6) is 0 Å². The Labute approximate surface area is 176 Å². The van der Waals surface area contributed by atoms with Crippen molar-refractivity contribution in [2.24, 2.45) is 11.8 Å². The van der Waals surface area contributed by atoms with Crippen LogP contribution in [0.2, 0.25) is 18.1 Å². The smallest absolute Gasteiger partial charge is 0.305 e. The molecule has 0 unspecified atom stereocenters. The summed E-state index contributed by atoms with van der Waals surface area (Å²) in [5.74, 6) is 1.02. The molecule has 0 aromatic heterocycles. The number of fused-ring (bicyclic) bond motifs is 1. The van der Waals surface area contributed by atoms with E-state index in [-0.39, 0.29) is 35.1 Å². The number of hydrogen-bond acceptors (Lipinski definition) is 6. The SMILES string of the molecule is COC(=O)CCCC=C1C[C@@H]2[C@@H](CO[Si](C)(C)C(C)(C)C)[C@H](OC(C)=O)C[C@@H]2O1. The van der Waals surface area contributed by atoms with Gasteiger partial charge in [-0.25, -0.2) is 0 Å². The lowest BCUT2D eigenvalue weighted by Crippen LogP contribution is -2.43. The molecular weight excluding hydrogens is 388 g/mol. The second-order valence-electron chi connectivity index (χ2n) is 9.78. The van der Waals surface area contributed by atoms with Gasteiger partial charge in [0.2, 0.25) is 0 Å². The monoisotopic (exact) mass is 426 g/mol. The third-order valence-electron chi connectivity index (χ3n) is 6.65. The van der Waals surface area contributed by atoms with Crippen molar-refractivity contribution < 1.29 is 28.2 Å². The Morgan fingerprint density at radius 3 is 2.55 bits per heavy atom. The molecular formula is C22H38O6Si. The molecule has 0 amide bonds. The molecule has 1 aliphatic heterocycles. The lowest BCUT2D eigenvalue weighted by Gasteiger charge is -2.38. The maximum absolute atomic E-state index is 11.6. The molecule has 0 radical (unpaired) electrons. The van der Waals surface area contributed by atoms with Gasteiger partial charge in [0.25, 0.3) is 0 Å². The molecule has 29 heavy (non-hydrogen) atoms. The van der Waals surface area contributed by atoms with Crippen LogP contribution >= 0.6 is 0 Å². The van der Waals surface area contributed by atoms with Crippen molar-refractivity contribution >= 4 is 20.3 Å². The third kappa shape index (κ3) is 6.32.